The summed E-state index contributed by atoms with van der Waals surface area (Å²) in [6.45, 7) is 1.56. The predicted octanol–water partition coefficient (Wildman–Crippen LogP) is 2.00. The molecule has 0 aliphatic carbocycles. The zero-order chi connectivity index (χ0) is 21.9. The predicted molar refractivity (Wildman–Crippen MR) is 101 cm³/mol. The van der Waals surface area contributed by atoms with E-state index in [-0.39, 0.29) is 24.5 Å². The summed E-state index contributed by atoms with van der Waals surface area (Å²) in [4.78, 5) is 39.5. The van der Waals surface area contributed by atoms with Crippen LogP contribution < -0.4 is 21.3 Å². The van der Waals surface area contributed by atoms with Crippen LogP contribution in [-0.2, 0) is 16.5 Å². The molecule has 30 heavy (non-hydrogen) atoms. The zero-order valence-corrected chi connectivity index (χ0v) is 15.8. The minimum absolute atomic E-state index is 0.0156. The smallest absolute Gasteiger partial charge is 0.368 e. The number of urea groups is 1. The fraction of sp³-hybridized carbons (Fsp3) is 0.263. The van der Waals surface area contributed by atoms with Gasteiger partial charge in [0.05, 0.1) is 5.56 Å². The minimum Gasteiger partial charge on any atom is -0.368 e. The molecule has 1 aromatic carbocycles. The van der Waals surface area contributed by atoms with E-state index in [1.165, 1.54) is 31.3 Å². The molecule has 2 heterocycles. The molecule has 0 spiro atoms. The molecule has 2 aromatic rings. The van der Waals surface area contributed by atoms with Crippen molar-refractivity contribution in [2.24, 2.45) is 0 Å². The number of pyridine rings is 1. The summed E-state index contributed by atoms with van der Waals surface area (Å²) in [5.74, 6) is -1.34. The number of carbonyl (C=O) groups is 3. The number of nitrogens with one attached hydrogen (secondary N) is 4. The standard InChI is InChI=1S/C19H18F3N5O3/c1-18(16(29)26-17(30)27-18)12-5-2-4-11(10-12)15(28)25-9-8-24-14-13(19(20,21)22)6-3-7-23-14/h2-7,10H,8-9H2,1H3,(H,23,24)(H,25,28)(H2,26,27,29,30). The van der Waals surface area contributed by atoms with Crippen molar-refractivity contribution in [3.8, 4) is 0 Å². The molecule has 11 heteroatoms. The first-order valence-electron chi connectivity index (χ1n) is 8.89. The van der Waals surface area contributed by atoms with Crippen molar-refractivity contribution in [2.75, 3.05) is 18.4 Å². The molecule has 1 atom stereocenters. The van der Waals surface area contributed by atoms with Crippen molar-refractivity contribution in [3.05, 3.63) is 59.3 Å². The average Bonchev–Trinajstić information content (AvgIpc) is 2.97. The van der Waals surface area contributed by atoms with E-state index < -0.39 is 35.1 Å². The van der Waals surface area contributed by atoms with Gasteiger partial charge in [-0.2, -0.15) is 13.2 Å². The van der Waals surface area contributed by atoms with Crippen molar-refractivity contribution >= 4 is 23.7 Å². The second-order valence-electron chi connectivity index (χ2n) is 6.69. The first-order chi connectivity index (χ1) is 14.1. The molecule has 0 radical (unpaired) electrons. The molecule has 8 nitrogen and oxygen atoms in total. The molecule has 1 aliphatic heterocycles. The van der Waals surface area contributed by atoms with Crippen LogP contribution in [0, 0.1) is 0 Å². The molecular weight excluding hydrogens is 403 g/mol. The van der Waals surface area contributed by atoms with Crippen LogP contribution in [0.4, 0.5) is 23.8 Å². The van der Waals surface area contributed by atoms with Gasteiger partial charge >= 0.3 is 12.2 Å². The number of carbonyl (C=O) groups excluding carboxylic acids is 3. The topological polar surface area (TPSA) is 112 Å². The average molecular weight is 421 g/mol. The molecule has 1 aliphatic rings. The van der Waals surface area contributed by atoms with Crippen molar-refractivity contribution in [3.63, 3.8) is 0 Å². The van der Waals surface area contributed by atoms with Crippen molar-refractivity contribution in [1.82, 2.24) is 20.9 Å². The Kier molecular flexibility index (Phi) is 5.63. The van der Waals surface area contributed by atoms with E-state index in [2.05, 4.69) is 26.3 Å². The summed E-state index contributed by atoms with van der Waals surface area (Å²) >= 11 is 0. The number of hydrogen-bond acceptors (Lipinski definition) is 5. The lowest BCUT2D eigenvalue weighted by Crippen LogP contribution is -2.40. The molecule has 3 rings (SSSR count). The van der Waals surface area contributed by atoms with Gasteiger partial charge in [-0.15, -0.1) is 0 Å². The molecular formula is C19H18F3N5O3. The van der Waals surface area contributed by atoms with Gasteiger partial charge in [-0.1, -0.05) is 12.1 Å². The molecule has 158 valence electrons. The number of hydrogen-bond donors (Lipinski definition) is 4. The minimum atomic E-state index is -4.54. The highest BCUT2D eigenvalue weighted by molar-refractivity contribution is 6.07. The number of imide groups is 1. The summed E-state index contributed by atoms with van der Waals surface area (Å²) in [6.07, 6.45) is -3.31. The monoisotopic (exact) mass is 421 g/mol. The largest absolute Gasteiger partial charge is 0.419 e. The SMILES string of the molecule is CC1(c2cccc(C(=O)NCCNc3ncccc3C(F)(F)F)c2)NC(=O)NC1=O. The van der Waals surface area contributed by atoms with E-state index in [1.807, 2.05) is 0 Å². The third-order valence-electron chi connectivity index (χ3n) is 4.56. The van der Waals surface area contributed by atoms with Crippen LogP contribution in [0.3, 0.4) is 0 Å². The maximum atomic E-state index is 13.0. The van der Waals surface area contributed by atoms with Crippen molar-refractivity contribution in [2.45, 2.75) is 18.6 Å². The Morgan fingerprint density at radius 1 is 1.17 bits per heavy atom. The van der Waals surface area contributed by atoms with Crippen molar-refractivity contribution < 1.29 is 27.6 Å². The molecule has 0 bridgehead atoms. The Labute approximate surface area is 169 Å². The van der Waals surface area contributed by atoms with Crippen LogP contribution in [0.2, 0.25) is 0 Å². The Balaban J connectivity index is 1.61. The normalized spacial score (nSPS) is 18.5. The number of aromatic nitrogens is 1. The van der Waals surface area contributed by atoms with Crippen LogP contribution in [-0.4, -0.2) is 35.9 Å². The maximum absolute atomic E-state index is 13.0. The summed E-state index contributed by atoms with van der Waals surface area (Å²) in [6, 6.07) is 7.63. The van der Waals surface area contributed by atoms with Gasteiger partial charge in [0, 0.05) is 24.8 Å². The number of anilines is 1. The van der Waals surface area contributed by atoms with Crippen LogP contribution in [0.15, 0.2) is 42.6 Å². The summed E-state index contributed by atoms with van der Waals surface area (Å²) < 4.78 is 38.9. The highest BCUT2D eigenvalue weighted by Gasteiger charge is 2.43. The van der Waals surface area contributed by atoms with Gasteiger partial charge in [0.15, 0.2) is 0 Å². The maximum Gasteiger partial charge on any atom is 0.419 e. The first-order valence-corrected chi connectivity index (χ1v) is 8.89. The molecule has 1 unspecified atom stereocenters. The van der Waals surface area contributed by atoms with Crippen LogP contribution in [0.25, 0.3) is 0 Å². The number of nitrogens with zero attached hydrogens (tertiary/aromatic N) is 1. The molecule has 4 amide bonds. The Morgan fingerprint density at radius 2 is 1.93 bits per heavy atom. The number of alkyl halides is 3. The van der Waals surface area contributed by atoms with E-state index in [0.717, 1.165) is 6.07 Å². The van der Waals surface area contributed by atoms with Gasteiger partial charge in [-0.05, 0) is 36.8 Å². The quantitative estimate of drug-likeness (QED) is 0.421. The number of rotatable bonds is 6. The second kappa shape index (κ2) is 8.01. The van der Waals surface area contributed by atoms with Gasteiger partial charge in [0.2, 0.25) is 0 Å². The Bertz CT molecular complexity index is 995. The Morgan fingerprint density at radius 3 is 2.60 bits per heavy atom. The summed E-state index contributed by atoms with van der Waals surface area (Å²) in [5.41, 5.74) is -1.55. The molecule has 1 fully saturated rings. The summed E-state index contributed by atoms with van der Waals surface area (Å²) in [5, 5.41) is 9.79. The fourth-order valence-electron chi connectivity index (χ4n) is 2.95. The van der Waals surface area contributed by atoms with E-state index in [9.17, 15) is 27.6 Å². The number of amides is 4. The lowest BCUT2D eigenvalue weighted by molar-refractivity contribution is -0.137. The third kappa shape index (κ3) is 4.34. The van der Waals surface area contributed by atoms with Gasteiger partial charge in [0.25, 0.3) is 11.8 Å². The van der Waals surface area contributed by atoms with Gasteiger partial charge in [-0.3, -0.25) is 14.9 Å². The first kappa shape index (κ1) is 21.1. The zero-order valence-electron chi connectivity index (χ0n) is 15.8. The van der Waals surface area contributed by atoms with E-state index in [4.69, 9.17) is 0 Å². The summed E-state index contributed by atoms with van der Waals surface area (Å²) in [7, 11) is 0. The van der Waals surface area contributed by atoms with Crippen LogP contribution in [0.5, 0.6) is 0 Å². The molecule has 0 saturated carbocycles. The van der Waals surface area contributed by atoms with Gasteiger partial charge < -0.3 is 16.0 Å². The van der Waals surface area contributed by atoms with Crippen LogP contribution >= 0.6 is 0 Å². The lowest BCUT2D eigenvalue weighted by atomic mass is 9.91. The highest BCUT2D eigenvalue weighted by atomic mass is 19.4. The molecule has 1 saturated heterocycles. The third-order valence-corrected chi connectivity index (χ3v) is 4.56. The molecule has 4 N–H and O–H groups in total. The van der Waals surface area contributed by atoms with E-state index in [0.29, 0.717) is 5.56 Å². The van der Waals surface area contributed by atoms with Crippen molar-refractivity contribution in [1.29, 1.82) is 0 Å². The number of benzene rings is 1. The van der Waals surface area contributed by atoms with Gasteiger partial charge in [0.1, 0.15) is 11.4 Å². The van der Waals surface area contributed by atoms with E-state index in [1.54, 1.807) is 12.1 Å². The van der Waals surface area contributed by atoms with Crippen LogP contribution in [0.1, 0.15) is 28.4 Å². The van der Waals surface area contributed by atoms with Gasteiger partial charge in [-0.25, -0.2) is 9.78 Å². The number of halogens is 3. The highest BCUT2D eigenvalue weighted by Crippen LogP contribution is 2.33. The molecule has 1 aromatic heterocycles. The second-order valence-corrected chi connectivity index (χ2v) is 6.69. The fourth-order valence-corrected chi connectivity index (χ4v) is 2.95. The lowest BCUT2D eigenvalue weighted by Gasteiger charge is -2.21. The Hall–Kier alpha value is -3.63. The van der Waals surface area contributed by atoms with E-state index >= 15 is 0 Å².